The molecule has 0 bridgehead atoms. The van der Waals surface area contributed by atoms with Crippen LogP contribution >= 0.6 is 11.6 Å². The Morgan fingerprint density at radius 2 is 1.45 bits per heavy atom. The second kappa shape index (κ2) is 5.50. The van der Waals surface area contributed by atoms with Crippen LogP contribution in [0.4, 0.5) is 4.39 Å². The third kappa shape index (κ3) is 2.28. The van der Waals surface area contributed by atoms with Crippen molar-refractivity contribution in [3.8, 4) is 0 Å². The number of carbonyl (C=O) groups excluding carboxylic acids is 2. The molecule has 0 radical (unpaired) electrons. The van der Waals surface area contributed by atoms with E-state index in [1.165, 1.54) is 24.3 Å². The largest absolute Gasteiger partial charge is 0.289 e. The van der Waals surface area contributed by atoms with Crippen molar-refractivity contribution in [1.82, 2.24) is 0 Å². The number of fused-ring (bicyclic) bond motifs is 1. The Bertz CT molecular complexity index is 806. The number of Topliss-reactive ketones (excluding diaryl/α,β-unsaturated/α-hetero) is 2. The minimum Gasteiger partial charge on any atom is -0.289 e. The van der Waals surface area contributed by atoms with Gasteiger partial charge in [0.25, 0.3) is 0 Å². The number of hydrogen-bond donors (Lipinski definition) is 0. The summed E-state index contributed by atoms with van der Waals surface area (Å²) in [5.74, 6) is -0.829. The summed E-state index contributed by atoms with van der Waals surface area (Å²) in [6.45, 7) is 1.60. The van der Waals surface area contributed by atoms with Gasteiger partial charge in [0.2, 0.25) is 0 Å². The van der Waals surface area contributed by atoms with Gasteiger partial charge >= 0.3 is 0 Å². The van der Waals surface area contributed by atoms with Gasteiger partial charge < -0.3 is 0 Å². The predicted molar refractivity (Wildman–Crippen MR) is 82.8 cm³/mol. The summed E-state index contributed by atoms with van der Waals surface area (Å²) >= 11 is 6.41. The first kappa shape index (κ1) is 14.7. The Labute approximate surface area is 132 Å². The van der Waals surface area contributed by atoms with Gasteiger partial charge in [0.05, 0.1) is 5.38 Å². The maximum Gasteiger partial charge on any atom is 0.192 e. The molecule has 1 aliphatic rings. The second-order valence-electron chi connectivity index (χ2n) is 5.16. The Balaban J connectivity index is 2.10. The first-order valence-corrected chi connectivity index (χ1v) is 7.23. The van der Waals surface area contributed by atoms with Crippen molar-refractivity contribution in [2.45, 2.75) is 12.3 Å². The second-order valence-corrected chi connectivity index (χ2v) is 5.59. The lowest BCUT2D eigenvalue weighted by Crippen LogP contribution is -2.23. The summed E-state index contributed by atoms with van der Waals surface area (Å²) in [6.07, 6.45) is 0. The molecule has 0 spiro atoms. The van der Waals surface area contributed by atoms with E-state index in [1.807, 2.05) is 0 Å². The number of halogens is 2. The highest BCUT2D eigenvalue weighted by Crippen LogP contribution is 2.37. The van der Waals surface area contributed by atoms with Gasteiger partial charge in [-0.2, -0.15) is 0 Å². The number of allylic oxidation sites excluding steroid dienone is 2. The van der Waals surface area contributed by atoms with Crippen LogP contribution in [-0.4, -0.2) is 11.6 Å². The highest BCUT2D eigenvalue weighted by molar-refractivity contribution is 6.33. The van der Waals surface area contributed by atoms with Crippen LogP contribution in [0.15, 0.2) is 59.7 Å². The number of carbonyl (C=O) groups is 2. The van der Waals surface area contributed by atoms with Crippen LogP contribution < -0.4 is 0 Å². The maximum absolute atomic E-state index is 13.0. The van der Waals surface area contributed by atoms with Crippen molar-refractivity contribution in [2.24, 2.45) is 0 Å². The van der Waals surface area contributed by atoms with E-state index in [1.54, 1.807) is 31.2 Å². The van der Waals surface area contributed by atoms with Crippen LogP contribution in [0, 0.1) is 5.82 Å². The highest BCUT2D eigenvalue weighted by atomic mass is 35.5. The first-order valence-electron chi connectivity index (χ1n) is 6.79. The molecule has 0 fully saturated rings. The number of benzene rings is 2. The molecule has 2 aromatic carbocycles. The maximum atomic E-state index is 13.0. The normalized spacial score (nSPS) is 15.8. The average Bonchev–Trinajstić information content (AvgIpc) is 2.53. The molecule has 0 saturated carbocycles. The van der Waals surface area contributed by atoms with E-state index in [4.69, 9.17) is 11.6 Å². The Hall–Kier alpha value is -2.26. The lowest BCUT2D eigenvalue weighted by atomic mass is 9.82. The van der Waals surface area contributed by atoms with E-state index in [9.17, 15) is 14.0 Å². The molecular weight excluding hydrogens is 303 g/mol. The lowest BCUT2D eigenvalue weighted by Gasteiger charge is -2.22. The van der Waals surface area contributed by atoms with Gasteiger partial charge in [-0.25, -0.2) is 4.39 Å². The smallest absolute Gasteiger partial charge is 0.192 e. The van der Waals surface area contributed by atoms with Gasteiger partial charge in [0.15, 0.2) is 11.6 Å². The van der Waals surface area contributed by atoms with Gasteiger partial charge in [-0.3, -0.25) is 9.59 Å². The summed E-state index contributed by atoms with van der Waals surface area (Å²) in [7, 11) is 0. The topological polar surface area (TPSA) is 34.1 Å². The van der Waals surface area contributed by atoms with Crippen molar-refractivity contribution < 1.29 is 14.0 Å². The molecule has 0 amide bonds. The van der Waals surface area contributed by atoms with Crippen LogP contribution in [-0.2, 0) is 0 Å². The summed E-state index contributed by atoms with van der Waals surface area (Å²) in [4.78, 5) is 25.1. The zero-order valence-electron chi connectivity index (χ0n) is 11.8. The Morgan fingerprint density at radius 1 is 0.909 bits per heavy atom. The van der Waals surface area contributed by atoms with Crippen LogP contribution in [0.2, 0.25) is 0 Å². The fourth-order valence-corrected chi connectivity index (χ4v) is 3.03. The van der Waals surface area contributed by atoms with Gasteiger partial charge in [0, 0.05) is 22.3 Å². The van der Waals surface area contributed by atoms with E-state index in [-0.39, 0.29) is 23.0 Å². The van der Waals surface area contributed by atoms with E-state index in [2.05, 4.69) is 0 Å². The number of hydrogen-bond acceptors (Lipinski definition) is 2. The monoisotopic (exact) mass is 314 g/mol. The van der Waals surface area contributed by atoms with Gasteiger partial charge in [-0.15, -0.1) is 11.6 Å². The van der Waals surface area contributed by atoms with E-state index in [0.717, 1.165) is 0 Å². The van der Waals surface area contributed by atoms with Crippen LogP contribution in [0.3, 0.4) is 0 Å². The molecule has 3 rings (SSSR count). The molecule has 1 atom stereocenters. The zero-order valence-corrected chi connectivity index (χ0v) is 12.5. The molecule has 2 aromatic rings. The highest BCUT2D eigenvalue weighted by Gasteiger charge is 2.33. The van der Waals surface area contributed by atoms with Crippen molar-refractivity contribution in [3.05, 3.63) is 82.2 Å². The minimum absolute atomic E-state index is 0.196. The quantitative estimate of drug-likeness (QED) is 0.765. The molecule has 22 heavy (non-hydrogen) atoms. The van der Waals surface area contributed by atoms with Gasteiger partial charge in [-0.1, -0.05) is 36.4 Å². The molecule has 4 heteroatoms. The Morgan fingerprint density at radius 3 is 2.05 bits per heavy atom. The van der Waals surface area contributed by atoms with E-state index in [0.29, 0.717) is 22.3 Å². The molecular formula is C18H12ClFO2. The number of ketones is 2. The molecule has 0 saturated heterocycles. The molecule has 0 heterocycles. The molecule has 1 aliphatic carbocycles. The molecule has 0 aliphatic heterocycles. The summed E-state index contributed by atoms with van der Waals surface area (Å²) in [6, 6.07) is 12.3. The molecule has 0 N–H and O–H groups in total. The minimum atomic E-state index is -0.787. The third-order valence-corrected chi connectivity index (χ3v) is 4.29. The van der Waals surface area contributed by atoms with Crippen LogP contribution in [0.5, 0.6) is 0 Å². The Kier molecular flexibility index (Phi) is 3.67. The SMILES string of the molecule is CC1=C(C(Cl)c2ccc(F)cc2)C(=O)c2ccccc2C1=O. The van der Waals surface area contributed by atoms with Crippen LogP contribution in [0.25, 0.3) is 0 Å². The first-order chi connectivity index (χ1) is 10.5. The zero-order chi connectivity index (χ0) is 15.9. The lowest BCUT2D eigenvalue weighted by molar-refractivity contribution is 0.0972. The standard InChI is InChI=1S/C18H12ClFO2/c1-10-15(16(19)11-6-8-12(20)9-7-11)18(22)14-5-3-2-4-13(14)17(10)21/h2-9,16H,1H3. The molecule has 2 nitrogen and oxygen atoms in total. The summed E-state index contributed by atoms with van der Waals surface area (Å²) < 4.78 is 13.0. The van der Waals surface area contributed by atoms with Crippen molar-refractivity contribution in [2.75, 3.05) is 0 Å². The third-order valence-electron chi connectivity index (χ3n) is 3.82. The fraction of sp³-hybridized carbons (Fsp3) is 0.111. The molecule has 0 aromatic heterocycles. The van der Waals surface area contributed by atoms with Crippen LogP contribution in [0.1, 0.15) is 38.6 Å². The van der Waals surface area contributed by atoms with Gasteiger partial charge in [-0.05, 0) is 24.6 Å². The van der Waals surface area contributed by atoms with Crippen molar-refractivity contribution >= 4 is 23.2 Å². The van der Waals surface area contributed by atoms with Gasteiger partial charge in [0.1, 0.15) is 5.82 Å². The predicted octanol–water partition coefficient (Wildman–Crippen LogP) is 4.50. The fourth-order valence-electron chi connectivity index (χ4n) is 2.62. The number of rotatable bonds is 2. The van der Waals surface area contributed by atoms with Crippen molar-refractivity contribution in [3.63, 3.8) is 0 Å². The number of alkyl halides is 1. The summed E-state index contributed by atoms with van der Waals surface area (Å²) in [5.41, 5.74) is 1.94. The van der Waals surface area contributed by atoms with E-state index >= 15 is 0 Å². The van der Waals surface area contributed by atoms with Crippen molar-refractivity contribution in [1.29, 1.82) is 0 Å². The van der Waals surface area contributed by atoms with E-state index < -0.39 is 5.38 Å². The summed E-state index contributed by atoms with van der Waals surface area (Å²) in [5, 5.41) is -0.787. The molecule has 110 valence electrons. The molecule has 1 unspecified atom stereocenters. The average molecular weight is 315 g/mol.